The highest BCUT2D eigenvalue weighted by molar-refractivity contribution is 7.89. The number of benzene rings is 1. The first kappa shape index (κ1) is 20.9. The van der Waals surface area contributed by atoms with E-state index < -0.39 is 22.1 Å². The van der Waals surface area contributed by atoms with E-state index in [4.69, 9.17) is 0 Å². The van der Waals surface area contributed by atoms with Crippen LogP contribution in [-0.4, -0.2) is 69.4 Å². The van der Waals surface area contributed by atoms with Crippen molar-refractivity contribution in [3.05, 3.63) is 24.3 Å². The third-order valence-corrected chi connectivity index (χ3v) is 6.34. The molecule has 2 rings (SSSR count). The molecule has 0 amide bonds. The lowest BCUT2D eigenvalue weighted by molar-refractivity contribution is -0.274. The minimum Gasteiger partial charge on any atom is -0.406 e. The summed E-state index contributed by atoms with van der Waals surface area (Å²) in [5.41, 5.74) is -0.378. The van der Waals surface area contributed by atoms with Crippen LogP contribution in [0, 0.1) is 5.41 Å². The van der Waals surface area contributed by atoms with Gasteiger partial charge in [0.25, 0.3) is 0 Å². The van der Waals surface area contributed by atoms with E-state index in [1.54, 1.807) is 0 Å². The lowest BCUT2D eigenvalue weighted by atomic mass is 9.79. The van der Waals surface area contributed by atoms with Gasteiger partial charge in [0.1, 0.15) is 5.75 Å². The number of alkyl halides is 3. The van der Waals surface area contributed by atoms with Crippen molar-refractivity contribution in [3.63, 3.8) is 0 Å². The SMILES string of the molecule is CN(C)CC1(CO)CCN(S(=O)(=O)c2cccc(OC(F)(F)F)c2)CC1. The summed E-state index contributed by atoms with van der Waals surface area (Å²) in [5, 5.41) is 9.72. The summed E-state index contributed by atoms with van der Waals surface area (Å²) >= 11 is 0. The van der Waals surface area contributed by atoms with Gasteiger partial charge >= 0.3 is 6.36 Å². The Labute approximate surface area is 151 Å². The molecular formula is C16H23F3N2O4S. The van der Waals surface area contributed by atoms with Crippen molar-refractivity contribution in [1.82, 2.24) is 9.21 Å². The summed E-state index contributed by atoms with van der Waals surface area (Å²) in [6.07, 6.45) is -3.94. The first-order valence-electron chi connectivity index (χ1n) is 8.09. The van der Waals surface area contributed by atoms with Crippen molar-refractivity contribution in [2.24, 2.45) is 5.41 Å². The normalized spacial score (nSPS) is 18.9. The Morgan fingerprint density at radius 2 is 1.88 bits per heavy atom. The fourth-order valence-corrected chi connectivity index (χ4v) is 4.70. The maximum Gasteiger partial charge on any atom is 0.573 e. The summed E-state index contributed by atoms with van der Waals surface area (Å²) in [7, 11) is -0.173. The molecule has 148 valence electrons. The van der Waals surface area contributed by atoms with Gasteiger partial charge in [0.15, 0.2) is 0 Å². The van der Waals surface area contributed by atoms with E-state index in [2.05, 4.69) is 4.74 Å². The van der Waals surface area contributed by atoms with Crippen molar-refractivity contribution >= 4 is 10.0 Å². The number of piperidine rings is 1. The van der Waals surface area contributed by atoms with Crippen LogP contribution >= 0.6 is 0 Å². The Morgan fingerprint density at radius 1 is 1.27 bits per heavy atom. The Morgan fingerprint density at radius 3 is 2.38 bits per heavy atom. The highest BCUT2D eigenvalue weighted by Gasteiger charge is 2.39. The molecule has 6 nitrogen and oxygen atoms in total. The van der Waals surface area contributed by atoms with Crippen LogP contribution in [0.2, 0.25) is 0 Å². The average molecular weight is 396 g/mol. The lowest BCUT2D eigenvalue weighted by Gasteiger charge is -2.41. The molecule has 10 heteroatoms. The standard InChI is InChI=1S/C16H23F3N2O4S/c1-20(2)11-15(12-22)6-8-21(9-7-15)26(23,24)14-5-3-4-13(10-14)25-16(17,18)19/h3-5,10,22H,6-9,11-12H2,1-2H3. The first-order valence-corrected chi connectivity index (χ1v) is 9.53. The fourth-order valence-electron chi connectivity index (χ4n) is 3.22. The van der Waals surface area contributed by atoms with Crippen LogP contribution in [0.3, 0.4) is 0 Å². The molecule has 26 heavy (non-hydrogen) atoms. The molecule has 0 aliphatic carbocycles. The van der Waals surface area contributed by atoms with E-state index in [9.17, 15) is 26.7 Å². The second kappa shape index (κ2) is 7.71. The summed E-state index contributed by atoms with van der Waals surface area (Å²) in [6, 6.07) is 4.38. The molecule has 0 bridgehead atoms. The number of hydrogen-bond donors (Lipinski definition) is 1. The molecule has 1 fully saturated rings. The molecule has 1 N–H and O–H groups in total. The lowest BCUT2D eigenvalue weighted by Crippen LogP contribution is -2.48. The number of hydrogen-bond acceptors (Lipinski definition) is 5. The highest BCUT2D eigenvalue weighted by atomic mass is 32.2. The van der Waals surface area contributed by atoms with Gasteiger partial charge in [0, 0.05) is 31.1 Å². The second-order valence-corrected chi connectivity index (χ2v) is 8.76. The van der Waals surface area contributed by atoms with Crippen molar-refractivity contribution in [2.45, 2.75) is 24.1 Å². The number of nitrogens with zero attached hydrogens (tertiary/aromatic N) is 2. The monoisotopic (exact) mass is 396 g/mol. The molecule has 1 saturated heterocycles. The van der Waals surface area contributed by atoms with Crippen LogP contribution in [0.25, 0.3) is 0 Å². The third-order valence-electron chi connectivity index (χ3n) is 4.45. The van der Waals surface area contributed by atoms with Crippen LogP contribution in [0.15, 0.2) is 29.2 Å². The molecule has 0 radical (unpaired) electrons. The van der Waals surface area contributed by atoms with Crippen LogP contribution in [0.1, 0.15) is 12.8 Å². The highest BCUT2D eigenvalue weighted by Crippen LogP contribution is 2.34. The molecule has 0 atom stereocenters. The van der Waals surface area contributed by atoms with Gasteiger partial charge in [-0.25, -0.2) is 8.42 Å². The van der Waals surface area contributed by atoms with Crippen molar-refractivity contribution < 1.29 is 31.4 Å². The smallest absolute Gasteiger partial charge is 0.406 e. The van der Waals surface area contributed by atoms with Gasteiger partial charge < -0.3 is 14.7 Å². The summed E-state index contributed by atoms with van der Waals surface area (Å²) in [5.74, 6) is -0.576. The largest absolute Gasteiger partial charge is 0.573 e. The number of sulfonamides is 1. The zero-order valence-corrected chi connectivity index (χ0v) is 15.5. The van der Waals surface area contributed by atoms with Gasteiger partial charge in [-0.15, -0.1) is 13.2 Å². The Kier molecular flexibility index (Phi) is 6.21. The van der Waals surface area contributed by atoms with Gasteiger partial charge in [-0.3, -0.25) is 0 Å². The molecule has 0 saturated carbocycles. The molecular weight excluding hydrogens is 373 g/mol. The number of ether oxygens (including phenoxy) is 1. The predicted molar refractivity (Wildman–Crippen MR) is 89.2 cm³/mol. The third kappa shape index (κ3) is 5.09. The molecule has 1 aliphatic rings. The second-order valence-electron chi connectivity index (χ2n) is 6.82. The molecule has 1 heterocycles. The van der Waals surface area contributed by atoms with Crippen molar-refractivity contribution in [2.75, 3.05) is 40.3 Å². The van der Waals surface area contributed by atoms with Gasteiger partial charge in [0.2, 0.25) is 10.0 Å². The quantitative estimate of drug-likeness (QED) is 0.796. The average Bonchev–Trinajstić information content (AvgIpc) is 2.53. The van der Waals surface area contributed by atoms with Gasteiger partial charge in [-0.2, -0.15) is 4.31 Å². The van der Waals surface area contributed by atoms with Crippen LogP contribution in [0.5, 0.6) is 5.75 Å². The summed E-state index contributed by atoms with van der Waals surface area (Å²) < 4.78 is 67.6. The molecule has 1 aromatic rings. The van der Waals surface area contributed by atoms with Crippen molar-refractivity contribution in [1.29, 1.82) is 0 Å². The predicted octanol–water partition coefficient (Wildman–Crippen LogP) is 1.91. The van der Waals surface area contributed by atoms with E-state index in [1.807, 2.05) is 19.0 Å². The summed E-state index contributed by atoms with van der Waals surface area (Å²) in [6.45, 7) is 0.975. The molecule has 0 spiro atoms. The Balaban J connectivity index is 2.16. The summed E-state index contributed by atoms with van der Waals surface area (Å²) in [4.78, 5) is 1.70. The van der Waals surface area contributed by atoms with E-state index in [-0.39, 0.29) is 30.0 Å². The van der Waals surface area contributed by atoms with E-state index >= 15 is 0 Å². The maximum atomic E-state index is 12.7. The number of rotatable bonds is 6. The van der Waals surface area contributed by atoms with Crippen LogP contribution < -0.4 is 4.74 Å². The van der Waals surface area contributed by atoms with E-state index in [1.165, 1.54) is 16.4 Å². The van der Waals surface area contributed by atoms with Crippen LogP contribution in [0.4, 0.5) is 13.2 Å². The Bertz CT molecular complexity index is 714. The fraction of sp³-hybridized carbons (Fsp3) is 0.625. The molecule has 0 unspecified atom stereocenters. The zero-order chi connectivity index (χ0) is 19.6. The topological polar surface area (TPSA) is 70.1 Å². The number of halogens is 3. The minimum absolute atomic E-state index is 0.0476. The molecule has 1 aromatic carbocycles. The van der Waals surface area contributed by atoms with E-state index in [0.29, 0.717) is 19.4 Å². The number of aliphatic hydroxyl groups is 1. The van der Waals surface area contributed by atoms with Crippen LogP contribution in [-0.2, 0) is 10.0 Å². The minimum atomic E-state index is -4.89. The maximum absolute atomic E-state index is 12.7. The molecule has 0 aromatic heterocycles. The van der Waals surface area contributed by atoms with Gasteiger partial charge in [0.05, 0.1) is 11.5 Å². The van der Waals surface area contributed by atoms with Gasteiger partial charge in [-0.05, 0) is 39.1 Å². The van der Waals surface area contributed by atoms with E-state index in [0.717, 1.165) is 12.1 Å². The zero-order valence-electron chi connectivity index (χ0n) is 14.7. The van der Waals surface area contributed by atoms with Gasteiger partial charge in [-0.1, -0.05) is 6.07 Å². The number of aliphatic hydroxyl groups excluding tert-OH is 1. The first-order chi connectivity index (χ1) is 12.0. The molecule has 1 aliphatic heterocycles. The Hall–Kier alpha value is -1.36. The van der Waals surface area contributed by atoms with Crippen molar-refractivity contribution in [3.8, 4) is 5.75 Å².